The second-order valence-electron chi connectivity index (χ2n) is 8.00. The molecule has 2 aliphatic rings. The molecule has 0 bridgehead atoms. The van der Waals surface area contributed by atoms with E-state index in [0.29, 0.717) is 23.4 Å². The summed E-state index contributed by atoms with van der Waals surface area (Å²) in [5.41, 5.74) is 2.61. The number of nitrogens with one attached hydrogen (secondary N) is 1. The highest BCUT2D eigenvalue weighted by atomic mass is 16.5. The van der Waals surface area contributed by atoms with Crippen molar-refractivity contribution in [3.05, 3.63) is 64.5 Å². The summed E-state index contributed by atoms with van der Waals surface area (Å²) in [6.07, 6.45) is 1.13. The topological polar surface area (TPSA) is 89.9 Å². The normalized spacial score (nSPS) is 27.6. The van der Waals surface area contributed by atoms with Crippen LogP contribution in [0.25, 0.3) is 4.85 Å². The van der Waals surface area contributed by atoms with Gasteiger partial charge in [-0.25, -0.2) is 4.85 Å². The molecule has 1 aliphatic heterocycles. The molecule has 6 heteroatoms. The summed E-state index contributed by atoms with van der Waals surface area (Å²) in [7, 11) is 0. The van der Waals surface area contributed by atoms with E-state index in [-0.39, 0.29) is 18.6 Å². The monoisotopic (exact) mass is 389 g/mol. The lowest BCUT2D eigenvalue weighted by Crippen LogP contribution is -2.65. The lowest BCUT2D eigenvalue weighted by atomic mass is 9.68. The van der Waals surface area contributed by atoms with Crippen molar-refractivity contribution in [1.82, 2.24) is 0 Å². The standard InChI is InChI=1S/C23H23N3O3/c1-14-9-20-17(11-19(14)25-2)10-16-5-8-21(27)23(28,22(16)26-20)13-29-18-6-3-15(12-24)4-7-18/h3-4,6-7,9,11,16,21-22,26-28H,5,8,10,13H2,1H3/t16?,21?,22?,23-/m1/s1. The number of aliphatic hydroxyl groups is 2. The number of nitrogens with zero attached hydrogens (tertiary/aromatic N) is 2. The highest BCUT2D eigenvalue weighted by Gasteiger charge is 2.52. The first-order valence-corrected chi connectivity index (χ1v) is 9.75. The maximum atomic E-state index is 11.5. The summed E-state index contributed by atoms with van der Waals surface area (Å²) in [6.45, 7) is 9.18. The van der Waals surface area contributed by atoms with Crippen LogP contribution in [0.3, 0.4) is 0 Å². The SMILES string of the molecule is [C-]#[N+]c1cc2c(cc1C)NC1C(CCC(O)[C@]1(O)COc1ccc(C#N)cc1)C2. The molecule has 2 aromatic carbocycles. The Bertz CT molecular complexity index is 1010. The molecule has 0 saturated heterocycles. The Hall–Kier alpha value is -3.06. The summed E-state index contributed by atoms with van der Waals surface area (Å²) in [5.74, 6) is 0.683. The van der Waals surface area contributed by atoms with Gasteiger partial charge in [-0.3, -0.25) is 0 Å². The lowest BCUT2D eigenvalue weighted by Gasteiger charge is -2.50. The molecule has 4 atom stereocenters. The predicted molar refractivity (Wildman–Crippen MR) is 109 cm³/mol. The zero-order chi connectivity index (χ0) is 20.6. The van der Waals surface area contributed by atoms with E-state index in [9.17, 15) is 10.2 Å². The van der Waals surface area contributed by atoms with Gasteiger partial charge < -0.3 is 20.3 Å². The van der Waals surface area contributed by atoms with Gasteiger partial charge in [0, 0.05) is 5.69 Å². The Labute approximate surface area is 170 Å². The van der Waals surface area contributed by atoms with Crippen LogP contribution < -0.4 is 10.1 Å². The summed E-state index contributed by atoms with van der Waals surface area (Å²) in [5, 5.41) is 34.5. The number of fused-ring (bicyclic) bond motifs is 2. The summed E-state index contributed by atoms with van der Waals surface area (Å²) in [6, 6.07) is 12.3. The van der Waals surface area contributed by atoms with Gasteiger partial charge in [0.05, 0.1) is 30.4 Å². The van der Waals surface area contributed by atoms with E-state index in [0.717, 1.165) is 29.7 Å². The van der Waals surface area contributed by atoms with Crippen molar-refractivity contribution in [1.29, 1.82) is 5.26 Å². The minimum Gasteiger partial charge on any atom is -0.490 e. The fraction of sp³-hybridized carbons (Fsp3) is 0.391. The van der Waals surface area contributed by atoms with Crippen LogP contribution in [0, 0.1) is 30.7 Å². The highest BCUT2D eigenvalue weighted by Crippen LogP contribution is 2.43. The molecule has 0 radical (unpaired) electrons. The fourth-order valence-corrected chi connectivity index (χ4v) is 4.49. The van der Waals surface area contributed by atoms with Gasteiger partial charge in [-0.1, -0.05) is 6.07 Å². The Morgan fingerprint density at radius 2 is 2.07 bits per heavy atom. The molecular weight excluding hydrogens is 366 g/mol. The van der Waals surface area contributed by atoms with Crippen molar-refractivity contribution < 1.29 is 14.9 Å². The number of aryl methyl sites for hydroxylation is 1. The van der Waals surface area contributed by atoms with E-state index >= 15 is 0 Å². The molecular formula is C23H23N3O3. The molecule has 0 spiro atoms. The lowest BCUT2D eigenvalue weighted by molar-refractivity contribution is -0.141. The number of benzene rings is 2. The van der Waals surface area contributed by atoms with Crippen molar-refractivity contribution in [2.45, 2.75) is 43.9 Å². The Morgan fingerprint density at radius 1 is 1.31 bits per heavy atom. The van der Waals surface area contributed by atoms with Crippen molar-refractivity contribution in [3.8, 4) is 11.8 Å². The van der Waals surface area contributed by atoms with Crippen molar-refractivity contribution in [3.63, 3.8) is 0 Å². The maximum Gasteiger partial charge on any atom is 0.190 e. The smallest absolute Gasteiger partial charge is 0.190 e. The van der Waals surface area contributed by atoms with Gasteiger partial charge >= 0.3 is 0 Å². The van der Waals surface area contributed by atoms with Crippen LogP contribution in [0.15, 0.2) is 36.4 Å². The second kappa shape index (κ2) is 7.40. The van der Waals surface area contributed by atoms with Crippen molar-refractivity contribution in [2.75, 3.05) is 11.9 Å². The van der Waals surface area contributed by atoms with E-state index in [2.05, 4.69) is 16.2 Å². The van der Waals surface area contributed by atoms with Gasteiger partial charge in [-0.15, -0.1) is 0 Å². The van der Waals surface area contributed by atoms with Crippen LogP contribution in [0.2, 0.25) is 0 Å². The number of rotatable bonds is 3. The highest BCUT2D eigenvalue weighted by molar-refractivity contribution is 5.66. The van der Waals surface area contributed by atoms with Gasteiger partial charge in [-0.2, -0.15) is 5.26 Å². The number of nitriles is 1. The molecule has 29 heavy (non-hydrogen) atoms. The first-order valence-electron chi connectivity index (χ1n) is 9.75. The van der Waals surface area contributed by atoms with Crippen LogP contribution in [-0.4, -0.2) is 34.6 Å². The van der Waals surface area contributed by atoms with Crippen LogP contribution in [-0.2, 0) is 6.42 Å². The second-order valence-corrected chi connectivity index (χ2v) is 8.00. The quantitative estimate of drug-likeness (QED) is 0.701. The summed E-state index contributed by atoms with van der Waals surface area (Å²) in [4.78, 5) is 3.59. The van der Waals surface area contributed by atoms with E-state index in [1.54, 1.807) is 24.3 Å². The number of aliphatic hydroxyl groups excluding tert-OH is 1. The molecule has 148 valence electrons. The third kappa shape index (κ3) is 3.42. The third-order valence-corrected chi connectivity index (χ3v) is 6.19. The molecule has 1 aliphatic carbocycles. The number of hydrogen-bond acceptors (Lipinski definition) is 5. The first-order chi connectivity index (χ1) is 13.9. The maximum absolute atomic E-state index is 11.5. The zero-order valence-corrected chi connectivity index (χ0v) is 16.2. The number of hydrogen-bond donors (Lipinski definition) is 3. The Balaban J connectivity index is 1.58. The van der Waals surface area contributed by atoms with Gasteiger partial charge in [0.2, 0.25) is 0 Å². The van der Waals surface area contributed by atoms with Crippen molar-refractivity contribution >= 4 is 11.4 Å². The van der Waals surface area contributed by atoms with Crippen LogP contribution >= 0.6 is 0 Å². The number of ether oxygens (including phenoxy) is 1. The third-order valence-electron chi connectivity index (χ3n) is 6.19. The molecule has 1 fully saturated rings. The molecule has 2 aromatic rings. The average molecular weight is 389 g/mol. The summed E-state index contributed by atoms with van der Waals surface area (Å²) < 4.78 is 5.82. The Morgan fingerprint density at radius 3 is 2.76 bits per heavy atom. The van der Waals surface area contributed by atoms with Gasteiger partial charge in [0.1, 0.15) is 18.0 Å². The van der Waals surface area contributed by atoms with Crippen LogP contribution in [0.4, 0.5) is 11.4 Å². The number of anilines is 1. The van der Waals surface area contributed by atoms with Gasteiger partial charge in [-0.05, 0) is 73.6 Å². The van der Waals surface area contributed by atoms with Crippen LogP contribution in [0.1, 0.15) is 29.5 Å². The van der Waals surface area contributed by atoms with E-state index in [1.165, 1.54) is 0 Å². The van der Waals surface area contributed by atoms with E-state index < -0.39 is 11.7 Å². The van der Waals surface area contributed by atoms with Crippen LogP contribution in [0.5, 0.6) is 5.75 Å². The summed E-state index contributed by atoms with van der Waals surface area (Å²) >= 11 is 0. The minimum absolute atomic E-state index is 0.0529. The van der Waals surface area contributed by atoms with E-state index in [4.69, 9.17) is 16.6 Å². The molecule has 4 rings (SSSR count). The molecule has 0 aromatic heterocycles. The van der Waals surface area contributed by atoms with Gasteiger partial charge in [0.25, 0.3) is 0 Å². The zero-order valence-electron chi connectivity index (χ0n) is 16.2. The molecule has 1 heterocycles. The average Bonchev–Trinajstić information content (AvgIpc) is 2.74. The molecule has 3 N–H and O–H groups in total. The van der Waals surface area contributed by atoms with Crippen molar-refractivity contribution in [2.24, 2.45) is 5.92 Å². The van der Waals surface area contributed by atoms with E-state index in [1.807, 2.05) is 19.1 Å². The minimum atomic E-state index is -1.44. The Kier molecular flexibility index (Phi) is 4.92. The molecule has 6 nitrogen and oxygen atoms in total. The molecule has 3 unspecified atom stereocenters. The molecule has 1 saturated carbocycles. The first kappa shape index (κ1) is 19.3. The van der Waals surface area contributed by atoms with Gasteiger partial charge in [0.15, 0.2) is 5.69 Å². The fourth-order valence-electron chi connectivity index (χ4n) is 4.49. The largest absolute Gasteiger partial charge is 0.490 e. The molecule has 0 amide bonds. The predicted octanol–water partition coefficient (Wildman–Crippen LogP) is 3.34.